The predicted octanol–water partition coefficient (Wildman–Crippen LogP) is -0.787. The third-order valence-corrected chi connectivity index (χ3v) is 3.53. The number of hydrogen-bond acceptors (Lipinski definition) is 4. The zero-order valence-corrected chi connectivity index (χ0v) is 10.8. The molecular weight excluding hydrogens is 252 g/mol. The molecule has 2 amide bonds. The highest BCUT2D eigenvalue weighted by atomic mass is 16.5. The molecule has 2 fully saturated rings. The molecule has 0 aliphatic carbocycles. The first-order valence-electron chi connectivity index (χ1n) is 6.40. The highest BCUT2D eigenvalue weighted by Gasteiger charge is 2.39. The van der Waals surface area contributed by atoms with Gasteiger partial charge in [0, 0.05) is 13.1 Å². The molecule has 0 radical (unpaired) electrons. The lowest BCUT2D eigenvalue weighted by Crippen LogP contribution is -2.59. The van der Waals surface area contributed by atoms with Crippen LogP contribution >= 0.6 is 0 Å². The lowest BCUT2D eigenvalue weighted by atomic mass is 10.0. The summed E-state index contributed by atoms with van der Waals surface area (Å²) in [7, 11) is 0. The van der Waals surface area contributed by atoms with Gasteiger partial charge in [-0.2, -0.15) is 0 Å². The summed E-state index contributed by atoms with van der Waals surface area (Å²) in [5, 5.41) is 11.4. The highest BCUT2D eigenvalue weighted by molar-refractivity contribution is 5.92. The number of rotatable bonds is 3. The fourth-order valence-corrected chi connectivity index (χ4v) is 2.57. The number of nitrogens with one attached hydrogen (secondary N) is 1. The van der Waals surface area contributed by atoms with Crippen LogP contribution in [0.1, 0.15) is 19.8 Å². The number of hydrogen-bond donors (Lipinski definition) is 2. The topological polar surface area (TPSA) is 95.9 Å². The van der Waals surface area contributed by atoms with E-state index in [1.807, 2.05) is 6.92 Å². The van der Waals surface area contributed by atoms with Gasteiger partial charge in [0.1, 0.15) is 6.04 Å². The number of ether oxygens (including phenoxy) is 1. The standard InChI is InChI=1S/C12H18N2O5/c1-7-4-8(6-19-7)12(18)14-3-2-13-11(17)9(14)5-10(15)16/h7-9H,2-6H2,1H3,(H,13,17)(H,15,16). The van der Waals surface area contributed by atoms with Crippen LogP contribution in [-0.4, -0.2) is 59.6 Å². The second kappa shape index (κ2) is 5.56. The van der Waals surface area contributed by atoms with Gasteiger partial charge in [0.15, 0.2) is 0 Å². The van der Waals surface area contributed by atoms with Crippen LogP contribution in [0, 0.1) is 5.92 Å². The Morgan fingerprint density at radius 2 is 2.26 bits per heavy atom. The Bertz CT molecular complexity index is 398. The molecule has 0 spiro atoms. The van der Waals surface area contributed by atoms with Gasteiger partial charge in [-0.05, 0) is 13.3 Å². The fourth-order valence-electron chi connectivity index (χ4n) is 2.57. The summed E-state index contributed by atoms with van der Waals surface area (Å²) in [5.41, 5.74) is 0. The smallest absolute Gasteiger partial charge is 0.305 e. The predicted molar refractivity (Wildman–Crippen MR) is 64.3 cm³/mol. The van der Waals surface area contributed by atoms with Crippen molar-refractivity contribution in [2.24, 2.45) is 5.92 Å². The maximum absolute atomic E-state index is 12.4. The first-order valence-corrected chi connectivity index (χ1v) is 6.40. The summed E-state index contributed by atoms with van der Waals surface area (Å²) < 4.78 is 5.36. The van der Waals surface area contributed by atoms with Crippen LogP contribution < -0.4 is 5.32 Å². The number of carboxylic acid groups (broad SMARTS) is 1. The van der Waals surface area contributed by atoms with Crippen molar-refractivity contribution in [3.05, 3.63) is 0 Å². The van der Waals surface area contributed by atoms with E-state index in [1.165, 1.54) is 4.90 Å². The molecule has 7 heteroatoms. The number of carboxylic acids is 1. The van der Waals surface area contributed by atoms with Gasteiger partial charge in [-0.3, -0.25) is 14.4 Å². The normalized spacial score (nSPS) is 31.1. The van der Waals surface area contributed by atoms with E-state index in [2.05, 4.69) is 5.32 Å². The number of aliphatic carboxylic acids is 1. The van der Waals surface area contributed by atoms with Crippen molar-refractivity contribution in [1.29, 1.82) is 0 Å². The minimum absolute atomic E-state index is 0.0329. The van der Waals surface area contributed by atoms with Gasteiger partial charge in [-0.25, -0.2) is 0 Å². The molecule has 3 unspecified atom stereocenters. The SMILES string of the molecule is CC1CC(C(=O)N2CCNC(=O)C2CC(=O)O)CO1. The quantitative estimate of drug-likeness (QED) is 0.701. The molecule has 2 aliphatic heterocycles. The Balaban J connectivity index is 2.08. The lowest BCUT2D eigenvalue weighted by Gasteiger charge is -2.35. The largest absolute Gasteiger partial charge is 0.481 e. The minimum Gasteiger partial charge on any atom is -0.481 e. The van der Waals surface area contributed by atoms with Crippen LogP contribution in [-0.2, 0) is 19.1 Å². The van der Waals surface area contributed by atoms with E-state index in [-0.39, 0.29) is 24.3 Å². The van der Waals surface area contributed by atoms with Gasteiger partial charge < -0.3 is 20.1 Å². The van der Waals surface area contributed by atoms with Crippen LogP contribution in [0.15, 0.2) is 0 Å². The monoisotopic (exact) mass is 270 g/mol. The summed E-state index contributed by atoms with van der Waals surface area (Å²) in [6, 6.07) is -0.908. The molecule has 0 saturated carbocycles. The summed E-state index contributed by atoms with van der Waals surface area (Å²) in [5.74, 6) is -1.92. The van der Waals surface area contributed by atoms with E-state index in [4.69, 9.17) is 9.84 Å². The summed E-state index contributed by atoms with van der Waals surface area (Å²) in [6.45, 7) is 2.96. The fraction of sp³-hybridized carbons (Fsp3) is 0.750. The molecule has 0 aromatic rings. The molecule has 3 atom stereocenters. The van der Waals surface area contributed by atoms with Crippen LogP contribution in [0.3, 0.4) is 0 Å². The van der Waals surface area contributed by atoms with Crippen molar-refractivity contribution in [3.63, 3.8) is 0 Å². The number of carbonyl (C=O) groups is 3. The average Bonchev–Trinajstić information content (AvgIpc) is 2.77. The van der Waals surface area contributed by atoms with Crippen LogP contribution in [0.2, 0.25) is 0 Å². The summed E-state index contributed by atoms with van der Waals surface area (Å²) >= 11 is 0. The third kappa shape index (κ3) is 3.04. The maximum Gasteiger partial charge on any atom is 0.305 e. The molecule has 2 saturated heterocycles. The molecule has 2 rings (SSSR count). The number of carbonyl (C=O) groups excluding carboxylic acids is 2. The van der Waals surface area contributed by atoms with E-state index in [9.17, 15) is 14.4 Å². The zero-order chi connectivity index (χ0) is 14.0. The van der Waals surface area contributed by atoms with Crippen LogP contribution in [0.25, 0.3) is 0 Å². The van der Waals surface area contributed by atoms with Gasteiger partial charge >= 0.3 is 5.97 Å². The second-order valence-electron chi connectivity index (χ2n) is 5.01. The summed E-state index contributed by atoms with van der Waals surface area (Å²) in [6.07, 6.45) is 0.294. The van der Waals surface area contributed by atoms with Crippen molar-refractivity contribution < 1.29 is 24.2 Å². The van der Waals surface area contributed by atoms with E-state index in [1.54, 1.807) is 0 Å². The minimum atomic E-state index is -1.09. The zero-order valence-electron chi connectivity index (χ0n) is 10.8. The third-order valence-electron chi connectivity index (χ3n) is 3.53. The Labute approximate surface area is 110 Å². The van der Waals surface area contributed by atoms with Gasteiger partial charge in [0.05, 0.1) is 25.0 Å². The molecule has 0 aromatic heterocycles. The van der Waals surface area contributed by atoms with Crippen molar-refractivity contribution in [2.45, 2.75) is 31.9 Å². The molecule has 106 valence electrons. The van der Waals surface area contributed by atoms with Gasteiger partial charge in [0.25, 0.3) is 0 Å². The van der Waals surface area contributed by atoms with E-state index < -0.39 is 17.9 Å². The molecule has 2 N–H and O–H groups in total. The number of amides is 2. The molecule has 19 heavy (non-hydrogen) atoms. The van der Waals surface area contributed by atoms with Crippen molar-refractivity contribution in [2.75, 3.05) is 19.7 Å². The highest BCUT2D eigenvalue weighted by Crippen LogP contribution is 2.23. The Morgan fingerprint density at radius 3 is 2.84 bits per heavy atom. The molecule has 2 aliphatic rings. The van der Waals surface area contributed by atoms with Gasteiger partial charge in [-0.1, -0.05) is 0 Å². The van der Waals surface area contributed by atoms with Crippen LogP contribution in [0.4, 0.5) is 0 Å². The average molecular weight is 270 g/mol. The lowest BCUT2D eigenvalue weighted by molar-refractivity contribution is -0.150. The summed E-state index contributed by atoms with van der Waals surface area (Å²) in [4.78, 5) is 36.3. The Kier molecular flexibility index (Phi) is 4.04. The first-order chi connectivity index (χ1) is 8.99. The Hall–Kier alpha value is -1.63. The van der Waals surface area contributed by atoms with Gasteiger partial charge in [-0.15, -0.1) is 0 Å². The Morgan fingerprint density at radius 1 is 1.53 bits per heavy atom. The molecule has 7 nitrogen and oxygen atoms in total. The van der Waals surface area contributed by atoms with E-state index in [0.717, 1.165) is 0 Å². The first kappa shape index (κ1) is 13.8. The van der Waals surface area contributed by atoms with Crippen LogP contribution in [0.5, 0.6) is 0 Å². The molecule has 0 aromatic carbocycles. The molecular formula is C12H18N2O5. The van der Waals surface area contributed by atoms with E-state index in [0.29, 0.717) is 26.1 Å². The van der Waals surface area contributed by atoms with E-state index >= 15 is 0 Å². The van der Waals surface area contributed by atoms with Gasteiger partial charge in [0.2, 0.25) is 11.8 Å². The molecule has 2 heterocycles. The number of nitrogens with zero attached hydrogens (tertiary/aromatic N) is 1. The maximum atomic E-state index is 12.4. The molecule has 0 bridgehead atoms. The van der Waals surface area contributed by atoms with Crippen molar-refractivity contribution in [3.8, 4) is 0 Å². The van der Waals surface area contributed by atoms with Crippen molar-refractivity contribution >= 4 is 17.8 Å². The van der Waals surface area contributed by atoms with Crippen molar-refractivity contribution in [1.82, 2.24) is 10.2 Å². The second-order valence-corrected chi connectivity index (χ2v) is 5.01. The number of piperazine rings is 1.